The SMILES string of the molecule is COc1c(N2C[C@H](N)[C@H]3OCC[C@H]32)c(F)c(N)c2c(=O)c(C(=O)O)cn([C@@H]3C[C@@H]3F)c12. The van der Waals surface area contributed by atoms with Gasteiger partial charge >= 0.3 is 5.97 Å². The molecule has 11 heteroatoms. The van der Waals surface area contributed by atoms with Gasteiger partial charge in [0, 0.05) is 25.8 Å². The Morgan fingerprint density at radius 3 is 2.71 bits per heavy atom. The molecule has 0 radical (unpaired) electrons. The lowest BCUT2D eigenvalue weighted by molar-refractivity contribution is 0.0694. The quantitative estimate of drug-likeness (QED) is 0.605. The Bertz CT molecular complexity index is 1170. The summed E-state index contributed by atoms with van der Waals surface area (Å²) in [5.41, 5.74) is 10.3. The van der Waals surface area contributed by atoms with Crippen LogP contribution in [0.1, 0.15) is 29.2 Å². The minimum Gasteiger partial charge on any atom is -0.492 e. The van der Waals surface area contributed by atoms with Gasteiger partial charge < -0.3 is 35.5 Å². The molecule has 1 aliphatic carbocycles. The lowest BCUT2D eigenvalue weighted by Gasteiger charge is -2.29. The maximum atomic E-state index is 15.7. The van der Waals surface area contributed by atoms with Crippen molar-refractivity contribution in [1.29, 1.82) is 0 Å². The standard InChI is InChI=1S/C20H22F2N4O5/c1-30-19-15-12(17(27)7(20(28)29)5-25(15)11-4-8(11)21)14(24)13(22)16(19)26-6-9(23)18-10(26)2-3-31-18/h5,8-11,18H,2-4,6,23-24H2,1H3,(H,28,29)/t8-,9-,10+,11+,18+/m0/s1. The van der Waals surface area contributed by atoms with Crippen LogP contribution in [-0.4, -0.2) is 60.3 Å². The van der Waals surface area contributed by atoms with Gasteiger partial charge in [0.15, 0.2) is 11.6 Å². The number of alkyl halides is 1. The predicted molar refractivity (Wildman–Crippen MR) is 108 cm³/mol. The average Bonchev–Trinajstić information content (AvgIpc) is 3.12. The van der Waals surface area contributed by atoms with Gasteiger partial charge in [-0.05, 0) is 6.42 Å². The molecule has 2 saturated heterocycles. The fourth-order valence-electron chi connectivity index (χ4n) is 4.93. The van der Waals surface area contributed by atoms with Crippen LogP contribution in [0, 0.1) is 5.82 Å². The molecule has 2 aliphatic heterocycles. The van der Waals surface area contributed by atoms with E-state index in [0.717, 1.165) is 6.20 Å². The van der Waals surface area contributed by atoms with Crippen molar-refractivity contribution in [3.8, 4) is 5.75 Å². The summed E-state index contributed by atoms with van der Waals surface area (Å²) in [6.07, 6.45) is 0.340. The van der Waals surface area contributed by atoms with E-state index < -0.39 is 40.7 Å². The molecule has 166 valence electrons. The third-order valence-corrected chi connectivity index (χ3v) is 6.47. The number of carboxylic acid groups (broad SMARTS) is 1. The van der Waals surface area contributed by atoms with Gasteiger partial charge in [-0.25, -0.2) is 13.6 Å². The maximum Gasteiger partial charge on any atom is 0.341 e. The largest absolute Gasteiger partial charge is 0.492 e. The van der Waals surface area contributed by atoms with E-state index in [1.54, 1.807) is 4.90 Å². The lowest BCUT2D eigenvalue weighted by Crippen LogP contribution is -2.35. The van der Waals surface area contributed by atoms with E-state index in [-0.39, 0.29) is 53.5 Å². The third kappa shape index (κ3) is 2.72. The number of hydrogen-bond acceptors (Lipinski definition) is 7. The number of nitrogens with two attached hydrogens (primary N) is 2. The number of nitrogens with zero attached hydrogens (tertiary/aromatic N) is 2. The number of rotatable bonds is 4. The van der Waals surface area contributed by atoms with E-state index >= 15 is 4.39 Å². The molecule has 5 atom stereocenters. The number of benzene rings is 1. The first-order valence-electron chi connectivity index (χ1n) is 10.0. The zero-order valence-corrected chi connectivity index (χ0v) is 16.7. The van der Waals surface area contributed by atoms with E-state index in [1.807, 2.05) is 0 Å². The number of ether oxygens (including phenoxy) is 2. The molecule has 5 rings (SSSR count). The van der Waals surface area contributed by atoms with Crippen LogP contribution in [0.15, 0.2) is 11.0 Å². The second-order valence-corrected chi connectivity index (χ2v) is 8.24. The molecule has 9 nitrogen and oxygen atoms in total. The monoisotopic (exact) mass is 436 g/mol. The topological polar surface area (TPSA) is 133 Å². The fraction of sp³-hybridized carbons (Fsp3) is 0.500. The van der Waals surface area contributed by atoms with Gasteiger partial charge in [-0.15, -0.1) is 0 Å². The first-order valence-corrected chi connectivity index (χ1v) is 10.0. The molecule has 31 heavy (non-hydrogen) atoms. The molecule has 2 aromatic rings. The number of halogens is 2. The summed E-state index contributed by atoms with van der Waals surface area (Å²) in [5.74, 6) is -2.41. The number of anilines is 2. The average molecular weight is 436 g/mol. The van der Waals surface area contributed by atoms with Gasteiger partial charge in [0.1, 0.15) is 17.4 Å². The van der Waals surface area contributed by atoms with Gasteiger partial charge in [0.2, 0.25) is 5.43 Å². The smallest absolute Gasteiger partial charge is 0.341 e. The third-order valence-electron chi connectivity index (χ3n) is 6.47. The van der Waals surface area contributed by atoms with Crippen LogP contribution in [0.3, 0.4) is 0 Å². The van der Waals surface area contributed by atoms with Gasteiger partial charge in [0.05, 0.1) is 47.9 Å². The van der Waals surface area contributed by atoms with Crippen molar-refractivity contribution in [3.63, 3.8) is 0 Å². The number of carboxylic acids is 1. The van der Waals surface area contributed by atoms with Crippen LogP contribution in [-0.2, 0) is 4.74 Å². The van der Waals surface area contributed by atoms with Crippen molar-refractivity contribution in [2.24, 2.45) is 5.73 Å². The zero-order valence-electron chi connectivity index (χ0n) is 16.7. The molecule has 3 heterocycles. The number of pyridine rings is 1. The molecule has 5 N–H and O–H groups in total. The Kier molecular flexibility index (Phi) is 4.38. The van der Waals surface area contributed by atoms with Crippen LogP contribution in [0.2, 0.25) is 0 Å². The van der Waals surface area contributed by atoms with Gasteiger partial charge in [-0.2, -0.15) is 0 Å². The zero-order chi connectivity index (χ0) is 22.2. The normalized spacial score (nSPS) is 29.4. The Labute approximate surface area is 175 Å². The Morgan fingerprint density at radius 1 is 1.39 bits per heavy atom. The van der Waals surface area contributed by atoms with E-state index in [2.05, 4.69) is 0 Å². The lowest BCUT2D eigenvalue weighted by atomic mass is 10.0. The summed E-state index contributed by atoms with van der Waals surface area (Å²) in [5, 5.41) is 9.12. The number of fused-ring (bicyclic) bond motifs is 2. The molecular weight excluding hydrogens is 414 g/mol. The van der Waals surface area contributed by atoms with Crippen molar-refractivity contribution in [3.05, 3.63) is 27.8 Å². The van der Waals surface area contributed by atoms with Crippen molar-refractivity contribution in [1.82, 2.24) is 4.57 Å². The molecule has 1 aromatic heterocycles. The highest BCUT2D eigenvalue weighted by atomic mass is 19.1. The van der Waals surface area contributed by atoms with Crippen molar-refractivity contribution in [2.75, 3.05) is 30.9 Å². The second-order valence-electron chi connectivity index (χ2n) is 8.24. The summed E-state index contributed by atoms with van der Waals surface area (Å²) in [6.45, 7) is 0.755. The van der Waals surface area contributed by atoms with Crippen LogP contribution < -0.4 is 26.5 Å². The molecule has 0 bridgehead atoms. The fourth-order valence-corrected chi connectivity index (χ4v) is 4.93. The van der Waals surface area contributed by atoms with E-state index in [1.165, 1.54) is 11.7 Å². The number of hydrogen-bond donors (Lipinski definition) is 3. The summed E-state index contributed by atoms with van der Waals surface area (Å²) in [4.78, 5) is 26.3. The van der Waals surface area contributed by atoms with Crippen LogP contribution >= 0.6 is 0 Å². The molecule has 0 unspecified atom stereocenters. The molecule has 3 aliphatic rings. The number of aromatic nitrogens is 1. The predicted octanol–water partition coefficient (Wildman–Crippen LogP) is 1.02. The number of carbonyl (C=O) groups is 1. The summed E-state index contributed by atoms with van der Waals surface area (Å²) in [6, 6.07) is -1.26. The van der Waals surface area contributed by atoms with E-state index in [9.17, 15) is 19.1 Å². The molecule has 1 aromatic carbocycles. The maximum absolute atomic E-state index is 15.7. The van der Waals surface area contributed by atoms with Crippen molar-refractivity contribution in [2.45, 2.75) is 43.2 Å². The van der Waals surface area contributed by atoms with E-state index in [0.29, 0.717) is 13.0 Å². The van der Waals surface area contributed by atoms with E-state index in [4.69, 9.17) is 20.9 Å². The van der Waals surface area contributed by atoms with Gasteiger partial charge in [0.25, 0.3) is 0 Å². The van der Waals surface area contributed by atoms with Crippen molar-refractivity contribution < 1.29 is 28.2 Å². The second kappa shape index (κ2) is 6.79. The molecule has 1 saturated carbocycles. The molecular formula is C20H22F2N4O5. The first-order chi connectivity index (χ1) is 14.8. The molecule has 0 amide bonds. The number of aromatic carboxylic acids is 1. The summed E-state index contributed by atoms with van der Waals surface area (Å²) >= 11 is 0. The summed E-state index contributed by atoms with van der Waals surface area (Å²) < 4.78 is 42.3. The number of nitrogen functional groups attached to an aromatic ring is 1. The Morgan fingerprint density at radius 2 is 2.10 bits per heavy atom. The highest BCUT2D eigenvalue weighted by Gasteiger charge is 2.47. The number of methoxy groups -OCH3 is 1. The Hall–Kier alpha value is -2.92. The molecule has 3 fully saturated rings. The molecule has 0 spiro atoms. The van der Waals surface area contributed by atoms with Crippen LogP contribution in [0.25, 0.3) is 10.9 Å². The highest BCUT2D eigenvalue weighted by molar-refractivity contribution is 6.03. The van der Waals surface area contributed by atoms with Crippen molar-refractivity contribution >= 4 is 28.2 Å². The minimum atomic E-state index is -1.50. The Balaban J connectivity index is 1.85. The van der Waals surface area contributed by atoms with Gasteiger partial charge in [-0.1, -0.05) is 0 Å². The van der Waals surface area contributed by atoms with Crippen LogP contribution in [0.5, 0.6) is 5.75 Å². The van der Waals surface area contributed by atoms with Crippen LogP contribution in [0.4, 0.5) is 20.2 Å². The minimum absolute atomic E-state index is 0.00501. The first kappa shape index (κ1) is 20.0. The summed E-state index contributed by atoms with van der Waals surface area (Å²) in [7, 11) is 1.31. The van der Waals surface area contributed by atoms with Gasteiger partial charge in [-0.3, -0.25) is 4.79 Å². The highest BCUT2D eigenvalue weighted by Crippen LogP contribution is 2.49.